The Morgan fingerprint density at radius 1 is 0.562 bits per heavy atom. The van der Waals surface area contributed by atoms with Gasteiger partial charge in [-0.3, -0.25) is 0 Å². The van der Waals surface area contributed by atoms with E-state index in [9.17, 15) is 0 Å². The molecule has 1 saturated carbocycles. The van der Waals surface area contributed by atoms with Crippen molar-refractivity contribution < 1.29 is 0 Å². The maximum atomic E-state index is 4.69. The number of unbranched alkanes of at least 4 members (excludes halogenated alkanes) is 21. The molecule has 0 spiro atoms. The van der Waals surface area contributed by atoms with E-state index in [1.165, 1.54) is 205 Å². The van der Waals surface area contributed by atoms with Crippen molar-refractivity contribution in [2.45, 2.75) is 232 Å². The number of nitrogens with one attached hydrogen (secondary N) is 1. The molecule has 0 radical (unpaired) electrons. The zero-order chi connectivity index (χ0) is 34.6. The second kappa shape index (κ2) is 35.7. The normalized spacial score (nSPS) is 17.7. The average molecular weight is 666 g/mol. The summed E-state index contributed by atoms with van der Waals surface area (Å²) in [5.41, 5.74) is 1.59. The Morgan fingerprint density at radius 3 is 1.48 bits per heavy atom. The van der Waals surface area contributed by atoms with E-state index < -0.39 is 0 Å². The standard InChI is InChI=1S/C47H87N/c1-5-7-9-11-13-15-17-19-21-23-25-27-29-31-33-35-38-45(42-44(3)46-40-37-41-47(43-46)48-4)39-36-34-32-30-28-26-24-22-20-18-16-14-12-10-8-6-2/h13,15,19-22,45-48H,3,5-12,14,16-18,23-43H2,1-2,4H3/b15-13-,21-19-,22-20-. The van der Waals surface area contributed by atoms with Crippen molar-refractivity contribution in [2.24, 2.45) is 11.8 Å². The van der Waals surface area contributed by atoms with Gasteiger partial charge in [-0.25, -0.2) is 0 Å². The lowest BCUT2D eigenvalue weighted by Gasteiger charge is -2.32. The number of hydrogen-bond acceptors (Lipinski definition) is 1. The summed E-state index contributed by atoms with van der Waals surface area (Å²) in [6.45, 7) is 9.27. The molecule has 280 valence electrons. The first-order chi connectivity index (χ1) is 23.7. The summed E-state index contributed by atoms with van der Waals surface area (Å²) < 4.78 is 0. The lowest BCUT2D eigenvalue weighted by Crippen LogP contribution is -2.32. The van der Waals surface area contributed by atoms with Crippen molar-refractivity contribution in [1.82, 2.24) is 5.32 Å². The molecule has 1 heteroatoms. The van der Waals surface area contributed by atoms with Gasteiger partial charge >= 0.3 is 0 Å². The average Bonchev–Trinajstić information content (AvgIpc) is 3.11. The van der Waals surface area contributed by atoms with Crippen LogP contribution in [0, 0.1) is 11.8 Å². The summed E-state index contributed by atoms with van der Waals surface area (Å²) in [6.07, 6.45) is 59.8. The van der Waals surface area contributed by atoms with Crippen LogP contribution in [0.3, 0.4) is 0 Å². The third kappa shape index (κ3) is 28.7. The molecule has 1 nitrogen and oxygen atoms in total. The maximum absolute atomic E-state index is 4.69. The van der Waals surface area contributed by atoms with Crippen LogP contribution in [0.25, 0.3) is 0 Å². The van der Waals surface area contributed by atoms with Crippen molar-refractivity contribution >= 4 is 0 Å². The first kappa shape index (κ1) is 44.9. The molecule has 0 bridgehead atoms. The molecular formula is C47H87N. The smallest absolute Gasteiger partial charge is 0.00697 e. The van der Waals surface area contributed by atoms with E-state index in [1.807, 2.05) is 0 Å². The van der Waals surface area contributed by atoms with Crippen LogP contribution in [0.2, 0.25) is 0 Å². The predicted octanol–water partition coefficient (Wildman–Crippen LogP) is 16.0. The van der Waals surface area contributed by atoms with Gasteiger partial charge < -0.3 is 5.32 Å². The fourth-order valence-corrected chi connectivity index (χ4v) is 7.81. The predicted molar refractivity (Wildman–Crippen MR) is 220 cm³/mol. The SMILES string of the molecule is C=C(CC(CCCCCCCC/C=C\C/C=C\CCCCC)CCCCCCCC/C=C\CCCCCCCC)C1CCCC(NC)C1. The van der Waals surface area contributed by atoms with E-state index in [0.717, 1.165) is 18.3 Å². The first-order valence-electron chi connectivity index (χ1n) is 22.0. The largest absolute Gasteiger partial charge is 0.317 e. The zero-order valence-corrected chi connectivity index (χ0v) is 33.2. The molecule has 1 N–H and O–H groups in total. The summed E-state index contributed by atoms with van der Waals surface area (Å²) in [6, 6.07) is 0.711. The van der Waals surface area contributed by atoms with E-state index in [-0.39, 0.29) is 0 Å². The van der Waals surface area contributed by atoms with Gasteiger partial charge in [0, 0.05) is 6.04 Å². The molecule has 3 atom stereocenters. The minimum atomic E-state index is 0.711. The molecule has 1 rings (SSSR count). The Bertz CT molecular complexity index is 759. The Morgan fingerprint density at radius 2 is 0.979 bits per heavy atom. The van der Waals surface area contributed by atoms with E-state index in [4.69, 9.17) is 6.58 Å². The molecule has 1 aliphatic rings. The van der Waals surface area contributed by atoms with Crippen LogP contribution in [0.5, 0.6) is 0 Å². The van der Waals surface area contributed by atoms with Crippen LogP contribution in [-0.2, 0) is 0 Å². The van der Waals surface area contributed by atoms with E-state index >= 15 is 0 Å². The van der Waals surface area contributed by atoms with Crippen molar-refractivity contribution in [3.05, 3.63) is 48.6 Å². The molecular weight excluding hydrogens is 579 g/mol. The molecule has 0 aromatic rings. The van der Waals surface area contributed by atoms with E-state index in [0.29, 0.717) is 6.04 Å². The highest BCUT2D eigenvalue weighted by atomic mass is 14.9. The van der Waals surface area contributed by atoms with Crippen LogP contribution >= 0.6 is 0 Å². The Labute approximate surface area is 303 Å². The van der Waals surface area contributed by atoms with Gasteiger partial charge in [-0.2, -0.15) is 0 Å². The fourth-order valence-electron chi connectivity index (χ4n) is 7.81. The minimum Gasteiger partial charge on any atom is -0.317 e. The van der Waals surface area contributed by atoms with Crippen LogP contribution in [-0.4, -0.2) is 13.1 Å². The minimum absolute atomic E-state index is 0.711. The molecule has 48 heavy (non-hydrogen) atoms. The highest BCUT2D eigenvalue weighted by molar-refractivity contribution is 5.04. The third-order valence-corrected chi connectivity index (χ3v) is 11.1. The van der Waals surface area contributed by atoms with Crippen molar-refractivity contribution in [3.63, 3.8) is 0 Å². The molecule has 0 heterocycles. The lowest BCUT2D eigenvalue weighted by molar-refractivity contribution is 0.307. The van der Waals surface area contributed by atoms with Gasteiger partial charge in [0.2, 0.25) is 0 Å². The Hall–Kier alpha value is -1.08. The van der Waals surface area contributed by atoms with Crippen molar-refractivity contribution in [2.75, 3.05) is 7.05 Å². The lowest BCUT2D eigenvalue weighted by atomic mass is 9.77. The second-order valence-corrected chi connectivity index (χ2v) is 15.7. The number of allylic oxidation sites excluding steroid dienone is 7. The van der Waals surface area contributed by atoms with Gasteiger partial charge in [0.05, 0.1) is 0 Å². The molecule has 1 aliphatic carbocycles. The number of hydrogen-bond donors (Lipinski definition) is 1. The highest BCUT2D eigenvalue weighted by Gasteiger charge is 2.24. The highest BCUT2D eigenvalue weighted by Crippen LogP contribution is 2.35. The molecule has 0 amide bonds. The van der Waals surface area contributed by atoms with Gasteiger partial charge in [-0.15, -0.1) is 0 Å². The van der Waals surface area contributed by atoms with Crippen molar-refractivity contribution in [3.8, 4) is 0 Å². The third-order valence-electron chi connectivity index (χ3n) is 11.1. The molecule has 0 aromatic heterocycles. The molecule has 0 saturated heterocycles. The summed E-state index contributed by atoms with van der Waals surface area (Å²) in [5, 5.41) is 3.56. The van der Waals surface area contributed by atoms with Gasteiger partial charge in [0.25, 0.3) is 0 Å². The van der Waals surface area contributed by atoms with Crippen LogP contribution in [0.15, 0.2) is 48.6 Å². The van der Waals surface area contributed by atoms with E-state index in [1.54, 1.807) is 5.57 Å². The summed E-state index contributed by atoms with van der Waals surface area (Å²) >= 11 is 0. The van der Waals surface area contributed by atoms with Crippen LogP contribution < -0.4 is 5.32 Å². The Balaban J connectivity index is 2.19. The fraction of sp³-hybridized carbons (Fsp3) is 0.830. The van der Waals surface area contributed by atoms with Crippen molar-refractivity contribution in [1.29, 1.82) is 0 Å². The molecule has 0 aromatic carbocycles. The summed E-state index contributed by atoms with van der Waals surface area (Å²) in [7, 11) is 2.15. The van der Waals surface area contributed by atoms with Gasteiger partial charge in [-0.1, -0.05) is 191 Å². The van der Waals surface area contributed by atoms with Crippen LogP contribution in [0.1, 0.15) is 226 Å². The molecule has 3 unspecified atom stereocenters. The maximum Gasteiger partial charge on any atom is 0.00697 e. The quantitative estimate of drug-likeness (QED) is 0.0525. The Kier molecular flexibility index (Phi) is 33.5. The monoisotopic (exact) mass is 666 g/mol. The van der Waals surface area contributed by atoms with Crippen LogP contribution in [0.4, 0.5) is 0 Å². The summed E-state index contributed by atoms with van der Waals surface area (Å²) in [5.74, 6) is 1.63. The zero-order valence-electron chi connectivity index (χ0n) is 33.2. The number of rotatable bonds is 35. The first-order valence-corrected chi connectivity index (χ1v) is 22.0. The topological polar surface area (TPSA) is 12.0 Å². The molecule has 0 aliphatic heterocycles. The molecule has 1 fully saturated rings. The van der Waals surface area contributed by atoms with Gasteiger partial charge in [0.15, 0.2) is 0 Å². The van der Waals surface area contributed by atoms with E-state index in [2.05, 4.69) is 62.7 Å². The second-order valence-electron chi connectivity index (χ2n) is 15.7. The summed E-state index contributed by atoms with van der Waals surface area (Å²) in [4.78, 5) is 0. The van der Waals surface area contributed by atoms with Gasteiger partial charge in [-0.05, 0) is 102 Å². The van der Waals surface area contributed by atoms with Gasteiger partial charge in [0.1, 0.15) is 0 Å².